The summed E-state index contributed by atoms with van der Waals surface area (Å²) in [7, 11) is 4.24. The first kappa shape index (κ1) is 15.9. The summed E-state index contributed by atoms with van der Waals surface area (Å²) in [6, 6.07) is 7.83. The molecular formula is C16H23IN2O. The molecular weight excluding hydrogens is 363 g/mol. The largest absolute Gasteiger partial charge is 0.306 e. The topological polar surface area (TPSA) is 23.6 Å². The molecule has 0 atom stereocenters. The first-order valence-corrected chi connectivity index (χ1v) is 8.28. The molecule has 0 spiro atoms. The molecule has 0 unspecified atom stereocenters. The fourth-order valence-electron chi connectivity index (χ4n) is 2.72. The first-order valence-electron chi connectivity index (χ1n) is 7.20. The van der Waals surface area contributed by atoms with Crippen LogP contribution < -0.4 is 0 Å². The zero-order valence-electron chi connectivity index (χ0n) is 12.3. The average Bonchev–Trinajstić information content (AvgIpc) is 2.42. The van der Waals surface area contributed by atoms with E-state index < -0.39 is 0 Å². The van der Waals surface area contributed by atoms with Gasteiger partial charge in [-0.1, -0.05) is 12.1 Å². The Morgan fingerprint density at radius 1 is 1.30 bits per heavy atom. The van der Waals surface area contributed by atoms with Crippen LogP contribution in [-0.4, -0.2) is 55.9 Å². The quantitative estimate of drug-likeness (QED) is 0.575. The van der Waals surface area contributed by atoms with Crippen molar-refractivity contribution < 1.29 is 4.79 Å². The summed E-state index contributed by atoms with van der Waals surface area (Å²) in [4.78, 5) is 16.8. The number of carbonyl (C=O) groups is 1. The van der Waals surface area contributed by atoms with Crippen LogP contribution in [0.5, 0.6) is 0 Å². The minimum absolute atomic E-state index is 0.219. The van der Waals surface area contributed by atoms with Crippen molar-refractivity contribution in [1.29, 1.82) is 0 Å². The van der Waals surface area contributed by atoms with Gasteiger partial charge in [0, 0.05) is 15.7 Å². The van der Waals surface area contributed by atoms with Crippen molar-refractivity contribution in [2.24, 2.45) is 5.92 Å². The Hall–Kier alpha value is -0.460. The molecule has 1 aromatic rings. The Morgan fingerprint density at radius 2 is 1.90 bits per heavy atom. The second-order valence-corrected chi connectivity index (χ2v) is 7.12. The third-order valence-corrected chi connectivity index (χ3v) is 4.71. The van der Waals surface area contributed by atoms with Gasteiger partial charge in [-0.05, 0) is 80.7 Å². The van der Waals surface area contributed by atoms with Gasteiger partial charge in [-0.15, -0.1) is 0 Å². The molecule has 0 radical (unpaired) electrons. The van der Waals surface area contributed by atoms with Crippen molar-refractivity contribution in [3.63, 3.8) is 0 Å². The number of benzene rings is 1. The van der Waals surface area contributed by atoms with Crippen molar-refractivity contribution in [3.8, 4) is 0 Å². The summed E-state index contributed by atoms with van der Waals surface area (Å²) in [5.41, 5.74) is 0.820. The summed E-state index contributed by atoms with van der Waals surface area (Å²) in [5, 5.41) is 0. The Bertz CT molecular complexity index is 438. The predicted octanol–water partition coefficient (Wildman–Crippen LogP) is 2.75. The number of piperidine rings is 1. The SMILES string of the molecule is CN1CCC(CN(C)CC(=O)c2ccc(I)cc2)CC1. The maximum Gasteiger partial charge on any atom is 0.176 e. The number of rotatable bonds is 5. The normalized spacial score (nSPS) is 17.6. The predicted molar refractivity (Wildman–Crippen MR) is 91.2 cm³/mol. The second kappa shape index (κ2) is 7.52. The Labute approximate surface area is 135 Å². The molecule has 4 heteroatoms. The molecule has 110 valence electrons. The van der Waals surface area contributed by atoms with Crippen molar-refractivity contribution in [2.45, 2.75) is 12.8 Å². The molecule has 1 saturated heterocycles. The van der Waals surface area contributed by atoms with E-state index in [1.165, 1.54) is 29.5 Å². The monoisotopic (exact) mass is 386 g/mol. The maximum absolute atomic E-state index is 12.2. The molecule has 1 aromatic carbocycles. The van der Waals surface area contributed by atoms with Gasteiger partial charge in [0.1, 0.15) is 0 Å². The van der Waals surface area contributed by atoms with Gasteiger partial charge in [-0.25, -0.2) is 0 Å². The molecule has 20 heavy (non-hydrogen) atoms. The lowest BCUT2D eigenvalue weighted by Crippen LogP contribution is -2.37. The van der Waals surface area contributed by atoms with Crippen molar-refractivity contribution in [3.05, 3.63) is 33.4 Å². The number of ketones is 1. The lowest BCUT2D eigenvalue weighted by atomic mass is 9.96. The third kappa shape index (κ3) is 4.82. The summed E-state index contributed by atoms with van der Waals surface area (Å²) in [5.74, 6) is 0.956. The van der Waals surface area contributed by atoms with Crippen molar-refractivity contribution in [1.82, 2.24) is 9.80 Å². The molecule has 1 fully saturated rings. The number of likely N-dealkylation sites (N-methyl/N-ethyl adjacent to an activating group) is 1. The standard InChI is InChI=1S/C16H23IN2O/c1-18-9-7-13(8-10-18)11-19(2)12-16(20)14-3-5-15(17)6-4-14/h3-6,13H,7-12H2,1-2H3. The molecule has 0 aromatic heterocycles. The molecule has 1 aliphatic rings. The summed E-state index contributed by atoms with van der Waals surface area (Å²) in [6.45, 7) is 3.92. The Kier molecular flexibility index (Phi) is 5.99. The minimum atomic E-state index is 0.219. The van der Waals surface area contributed by atoms with E-state index in [2.05, 4.69) is 46.5 Å². The van der Waals surface area contributed by atoms with Crippen LogP contribution in [-0.2, 0) is 0 Å². The van der Waals surface area contributed by atoms with Gasteiger partial charge >= 0.3 is 0 Å². The number of nitrogens with zero attached hydrogens (tertiary/aromatic N) is 2. The van der Waals surface area contributed by atoms with Crippen molar-refractivity contribution >= 4 is 28.4 Å². The number of hydrogen-bond acceptors (Lipinski definition) is 3. The Balaban J connectivity index is 1.80. The fraction of sp³-hybridized carbons (Fsp3) is 0.562. The lowest BCUT2D eigenvalue weighted by molar-refractivity contribution is 0.0925. The highest BCUT2D eigenvalue weighted by atomic mass is 127. The van der Waals surface area contributed by atoms with Gasteiger partial charge in [0.15, 0.2) is 5.78 Å². The molecule has 1 heterocycles. The zero-order chi connectivity index (χ0) is 14.5. The first-order chi connectivity index (χ1) is 9.54. The van der Waals surface area contributed by atoms with Gasteiger partial charge in [0.05, 0.1) is 6.54 Å². The van der Waals surface area contributed by atoms with Crippen LogP contribution >= 0.6 is 22.6 Å². The second-order valence-electron chi connectivity index (χ2n) is 5.87. The van der Waals surface area contributed by atoms with E-state index in [0.29, 0.717) is 6.54 Å². The number of Topliss-reactive ketones (excluding diaryl/α,β-unsaturated/α-hetero) is 1. The highest BCUT2D eigenvalue weighted by molar-refractivity contribution is 14.1. The van der Waals surface area contributed by atoms with E-state index >= 15 is 0 Å². The molecule has 3 nitrogen and oxygen atoms in total. The highest BCUT2D eigenvalue weighted by Gasteiger charge is 2.19. The number of carbonyl (C=O) groups excluding carboxylic acids is 1. The fourth-order valence-corrected chi connectivity index (χ4v) is 3.08. The highest BCUT2D eigenvalue weighted by Crippen LogP contribution is 2.17. The van der Waals surface area contributed by atoms with E-state index in [-0.39, 0.29) is 5.78 Å². The molecule has 2 rings (SSSR count). The van der Waals surface area contributed by atoms with E-state index in [4.69, 9.17) is 0 Å². The molecule has 0 saturated carbocycles. The smallest absolute Gasteiger partial charge is 0.176 e. The van der Waals surface area contributed by atoms with Crippen LogP contribution in [0.3, 0.4) is 0 Å². The zero-order valence-corrected chi connectivity index (χ0v) is 14.5. The van der Waals surface area contributed by atoms with Crippen LogP contribution in [0.1, 0.15) is 23.2 Å². The number of halogens is 1. The average molecular weight is 386 g/mol. The van der Waals surface area contributed by atoms with Gasteiger partial charge in [0.2, 0.25) is 0 Å². The van der Waals surface area contributed by atoms with Crippen LogP contribution in [0.2, 0.25) is 0 Å². The van der Waals surface area contributed by atoms with E-state index in [1.807, 2.05) is 24.3 Å². The molecule has 1 aliphatic heterocycles. The Morgan fingerprint density at radius 3 is 2.50 bits per heavy atom. The maximum atomic E-state index is 12.2. The van der Waals surface area contributed by atoms with Crippen LogP contribution in [0.25, 0.3) is 0 Å². The van der Waals surface area contributed by atoms with Crippen LogP contribution in [0.15, 0.2) is 24.3 Å². The number of likely N-dealkylation sites (tertiary alicyclic amines) is 1. The molecule has 0 N–H and O–H groups in total. The minimum Gasteiger partial charge on any atom is -0.306 e. The molecule has 0 bridgehead atoms. The summed E-state index contributed by atoms with van der Waals surface area (Å²) < 4.78 is 1.17. The van der Waals surface area contributed by atoms with E-state index in [0.717, 1.165) is 18.0 Å². The van der Waals surface area contributed by atoms with Crippen LogP contribution in [0, 0.1) is 9.49 Å². The van der Waals surface area contributed by atoms with Crippen LogP contribution in [0.4, 0.5) is 0 Å². The third-order valence-electron chi connectivity index (χ3n) is 3.99. The summed E-state index contributed by atoms with van der Waals surface area (Å²) >= 11 is 2.26. The summed E-state index contributed by atoms with van der Waals surface area (Å²) in [6.07, 6.45) is 2.50. The van der Waals surface area contributed by atoms with Gasteiger partial charge in [-0.3, -0.25) is 9.69 Å². The number of hydrogen-bond donors (Lipinski definition) is 0. The molecule has 0 amide bonds. The van der Waals surface area contributed by atoms with Gasteiger partial charge in [-0.2, -0.15) is 0 Å². The van der Waals surface area contributed by atoms with E-state index in [1.54, 1.807) is 0 Å². The van der Waals surface area contributed by atoms with Gasteiger partial charge < -0.3 is 4.90 Å². The van der Waals surface area contributed by atoms with E-state index in [9.17, 15) is 4.79 Å². The van der Waals surface area contributed by atoms with Gasteiger partial charge in [0.25, 0.3) is 0 Å². The van der Waals surface area contributed by atoms with Crippen molar-refractivity contribution in [2.75, 3.05) is 40.3 Å². The molecule has 0 aliphatic carbocycles. The lowest BCUT2D eigenvalue weighted by Gasteiger charge is -2.31.